The van der Waals surface area contributed by atoms with E-state index in [1.807, 2.05) is 13.8 Å². The molecule has 1 spiro atoms. The van der Waals surface area contributed by atoms with Gasteiger partial charge in [0.05, 0.1) is 31.1 Å². The summed E-state index contributed by atoms with van der Waals surface area (Å²) in [6.45, 7) is 4.80. The Balaban J connectivity index is 0.00000261. The van der Waals surface area contributed by atoms with Crippen molar-refractivity contribution in [2.24, 2.45) is 0 Å². The number of carboxylic acids is 1. The Hall–Kier alpha value is -0.630. The third kappa shape index (κ3) is 4.86. The van der Waals surface area contributed by atoms with Crippen LogP contribution in [0, 0.1) is 13.8 Å². The number of ether oxygens (including phenoxy) is 2. The molecule has 1 saturated heterocycles. The zero-order valence-electron chi connectivity index (χ0n) is 16.0. The molecule has 1 amide bonds. The Kier molecular flexibility index (Phi) is 7.39. The van der Waals surface area contributed by atoms with E-state index in [9.17, 15) is 14.7 Å². The van der Waals surface area contributed by atoms with E-state index in [-0.39, 0.29) is 54.7 Å². The maximum absolute atomic E-state index is 12.6. The second-order valence-corrected chi connectivity index (χ2v) is 7.66. The summed E-state index contributed by atoms with van der Waals surface area (Å²) >= 11 is 6.03. The van der Waals surface area contributed by atoms with Gasteiger partial charge in [-0.1, -0.05) is 11.6 Å². The third-order valence-electron chi connectivity index (χ3n) is 5.45. The van der Waals surface area contributed by atoms with E-state index < -0.39 is 17.3 Å². The molecule has 6 nitrogen and oxygen atoms in total. The van der Waals surface area contributed by atoms with Crippen molar-refractivity contribution in [1.82, 2.24) is 5.32 Å². The monoisotopic (exact) mass is 403 g/mol. The SMILES string of the molecule is Cc1cc(Cl)cc(C)c1CC(=O)NC1(C(=O)[O-])CCC2(CC1)OCCO2.[Na+]. The number of nitrogens with one attached hydrogen (secondary N) is 1. The summed E-state index contributed by atoms with van der Waals surface area (Å²) in [6, 6.07) is 3.59. The topological polar surface area (TPSA) is 87.7 Å². The number of aryl methyl sites for hydroxylation is 2. The molecule has 3 rings (SSSR count). The van der Waals surface area contributed by atoms with Gasteiger partial charge in [0.15, 0.2) is 5.79 Å². The van der Waals surface area contributed by atoms with Crippen molar-refractivity contribution in [3.63, 3.8) is 0 Å². The maximum atomic E-state index is 12.6. The molecule has 1 N–H and O–H groups in total. The smallest absolute Gasteiger partial charge is 0.548 e. The number of carbonyl (C=O) groups is 2. The first-order chi connectivity index (χ1) is 12.3. The fourth-order valence-corrected chi connectivity index (χ4v) is 4.24. The first kappa shape index (κ1) is 22.7. The van der Waals surface area contributed by atoms with E-state index >= 15 is 0 Å². The van der Waals surface area contributed by atoms with Gasteiger partial charge in [0.1, 0.15) is 0 Å². The average Bonchev–Trinajstić information content (AvgIpc) is 3.02. The van der Waals surface area contributed by atoms with E-state index in [1.165, 1.54) is 0 Å². The Morgan fingerprint density at radius 3 is 2.11 bits per heavy atom. The average molecular weight is 404 g/mol. The second-order valence-electron chi connectivity index (χ2n) is 7.22. The predicted octanol–water partition coefficient (Wildman–Crippen LogP) is -1.57. The van der Waals surface area contributed by atoms with E-state index in [1.54, 1.807) is 12.1 Å². The molecule has 0 radical (unpaired) electrons. The van der Waals surface area contributed by atoms with E-state index in [0.29, 0.717) is 31.1 Å². The molecule has 2 fully saturated rings. The van der Waals surface area contributed by atoms with Gasteiger partial charge in [-0.15, -0.1) is 0 Å². The largest absolute Gasteiger partial charge is 1.00 e. The number of aliphatic carboxylic acids is 1. The molecule has 1 heterocycles. The third-order valence-corrected chi connectivity index (χ3v) is 5.66. The molecule has 142 valence electrons. The van der Waals surface area contributed by atoms with Crippen LogP contribution in [-0.4, -0.2) is 36.4 Å². The number of rotatable bonds is 4. The van der Waals surface area contributed by atoms with Crippen molar-refractivity contribution in [2.75, 3.05) is 13.2 Å². The van der Waals surface area contributed by atoms with Crippen molar-refractivity contribution in [1.29, 1.82) is 0 Å². The standard InChI is InChI=1S/C19H24ClNO5.Na/c1-12-9-14(20)10-13(2)15(12)11-16(22)21-18(17(23)24)3-5-19(6-4-18)25-7-8-26-19;/h9-10H,3-8,11H2,1-2H3,(H,21,22)(H,23,24);/q;+1/p-1. The molecule has 1 aliphatic carbocycles. The van der Waals surface area contributed by atoms with Crippen LogP contribution in [-0.2, 0) is 25.5 Å². The van der Waals surface area contributed by atoms with E-state index in [4.69, 9.17) is 21.1 Å². The number of halogens is 1. The first-order valence-electron chi connectivity index (χ1n) is 8.81. The van der Waals surface area contributed by atoms with Gasteiger partial charge in [0, 0.05) is 17.9 Å². The molecule has 0 aromatic heterocycles. The van der Waals surface area contributed by atoms with Crippen LogP contribution in [0.5, 0.6) is 0 Å². The molecule has 1 saturated carbocycles. The van der Waals surface area contributed by atoms with Gasteiger partial charge in [-0.05, 0) is 55.5 Å². The summed E-state index contributed by atoms with van der Waals surface area (Å²) in [5.74, 6) is -2.30. The summed E-state index contributed by atoms with van der Waals surface area (Å²) in [6.07, 6.45) is 1.38. The van der Waals surface area contributed by atoms with Crippen LogP contribution in [0.4, 0.5) is 0 Å². The molecular formula is C19H23ClNNaO5. The van der Waals surface area contributed by atoms with Gasteiger partial charge in [-0.3, -0.25) is 4.79 Å². The normalized spacial score (nSPS) is 20.1. The Labute approximate surface area is 186 Å². The Morgan fingerprint density at radius 2 is 1.63 bits per heavy atom. The molecule has 1 aliphatic heterocycles. The van der Waals surface area contributed by atoms with Gasteiger partial charge in [-0.25, -0.2) is 0 Å². The molecule has 0 atom stereocenters. The molecule has 8 heteroatoms. The molecular weight excluding hydrogens is 381 g/mol. The van der Waals surface area contributed by atoms with Crippen LogP contribution < -0.4 is 40.0 Å². The van der Waals surface area contributed by atoms with Crippen LogP contribution in [0.2, 0.25) is 5.02 Å². The molecule has 0 bridgehead atoms. The number of carbonyl (C=O) groups excluding carboxylic acids is 2. The van der Waals surface area contributed by atoms with Crippen molar-refractivity contribution in [3.05, 3.63) is 33.8 Å². The zero-order chi connectivity index (χ0) is 18.9. The fraction of sp³-hybridized carbons (Fsp3) is 0.579. The van der Waals surface area contributed by atoms with Crippen molar-refractivity contribution in [3.8, 4) is 0 Å². The summed E-state index contributed by atoms with van der Waals surface area (Å²) in [4.78, 5) is 24.4. The van der Waals surface area contributed by atoms with Gasteiger partial charge in [0.25, 0.3) is 0 Å². The molecule has 0 unspecified atom stereocenters. The Morgan fingerprint density at radius 1 is 1.11 bits per heavy atom. The minimum Gasteiger partial charge on any atom is -0.548 e. The zero-order valence-corrected chi connectivity index (χ0v) is 18.8. The quantitative estimate of drug-likeness (QED) is 0.613. The van der Waals surface area contributed by atoms with Crippen molar-refractivity contribution >= 4 is 23.5 Å². The van der Waals surface area contributed by atoms with Crippen LogP contribution in [0.15, 0.2) is 12.1 Å². The van der Waals surface area contributed by atoms with Gasteiger partial charge >= 0.3 is 29.6 Å². The maximum Gasteiger partial charge on any atom is 1.00 e. The van der Waals surface area contributed by atoms with Crippen molar-refractivity contribution < 1.29 is 53.7 Å². The molecule has 1 aromatic rings. The minimum atomic E-state index is -1.38. The molecule has 1 aromatic carbocycles. The number of benzene rings is 1. The molecule has 27 heavy (non-hydrogen) atoms. The second kappa shape index (κ2) is 8.80. The van der Waals surface area contributed by atoms with Crippen LogP contribution in [0.3, 0.4) is 0 Å². The van der Waals surface area contributed by atoms with Gasteiger partial charge in [-0.2, -0.15) is 0 Å². The van der Waals surface area contributed by atoms with E-state index in [2.05, 4.69) is 5.32 Å². The van der Waals surface area contributed by atoms with Gasteiger partial charge in [0.2, 0.25) is 5.91 Å². The first-order valence-corrected chi connectivity index (χ1v) is 9.19. The number of amides is 1. The number of hydrogen-bond acceptors (Lipinski definition) is 5. The molecule has 2 aliphatic rings. The summed E-state index contributed by atoms with van der Waals surface area (Å²) in [5.41, 5.74) is 1.28. The van der Waals surface area contributed by atoms with Crippen LogP contribution in [0.25, 0.3) is 0 Å². The van der Waals surface area contributed by atoms with Crippen molar-refractivity contribution in [2.45, 2.75) is 57.3 Å². The van der Waals surface area contributed by atoms with Crippen LogP contribution >= 0.6 is 11.6 Å². The van der Waals surface area contributed by atoms with E-state index in [0.717, 1.165) is 16.7 Å². The summed E-state index contributed by atoms with van der Waals surface area (Å²) < 4.78 is 11.3. The number of hydrogen-bond donors (Lipinski definition) is 1. The predicted molar refractivity (Wildman–Crippen MR) is 93.6 cm³/mol. The Bertz CT molecular complexity index is 700. The van der Waals surface area contributed by atoms with Gasteiger partial charge < -0.3 is 24.7 Å². The van der Waals surface area contributed by atoms with Crippen LogP contribution in [0.1, 0.15) is 42.4 Å². The summed E-state index contributed by atoms with van der Waals surface area (Å²) in [5, 5.41) is 15.1. The minimum absolute atomic E-state index is 0. The summed E-state index contributed by atoms with van der Waals surface area (Å²) in [7, 11) is 0. The fourth-order valence-electron chi connectivity index (χ4n) is 3.91. The number of carboxylic acid groups (broad SMARTS) is 1.